The first-order valence-electron chi connectivity index (χ1n) is 11.0. The number of ether oxygens (including phenoxy) is 1. The molecule has 3 unspecified atom stereocenters. The van der Waals surface area contributed by atoms with E-state index < -0.39 is 0 Å². The number of carbonyl (C=O) groups excluding carboxylic acids is 1. The van der Waals surface area contributed by atoms with E-state index >= 15 is 0 Å². The van der Waals surface area contributed by atoms with Crippen LogP contribution in [0, 0.1) is 28.6 Å². The quantitative estimate of drug-likeness (QED) is 0.261. The van der Waals surface area contributed by atoms with E-state index in [9.17, 15) is 4.79 Å². The van der Waals surface area contributed by atoms with Gasteiger partial charge in [0.2, 0.25) is 0 Å². The number of carbonyl (C=O) groups is 1. The van der Waals surface area contributed by atoms with E-state index in [0.29, 0.717) is 35.7 Å². The summed E-state index contributed by atoms with van der Waals surface area (Å²) in [5, 5.41) is 0. The molecular weight excluding hydrogens is 320 g/mol. The Morgan fingerprint density at radius 3 is 1.96 bits per heavy atom. The molecule has 0 aromatic heterocycles. The summed E-state index contributed by atoms with van der Waals surface area (Å²) in [4.78, 5) is 12.0. The molecule has 0 aliphatic rings. The molecule has 0 heterocycles. The topological polar surface area (TPSA) is 26.3 Å². The van der Waals surface area contributed by atoms with E-state index in [1.165, 1.54) is 19.3 Å². The molecule has 2 heteroatoms. The van der Waals surface area contributed by atoms with Crippen molar-refractivity contribution in [1.29, 1.82) is 0 Å². The van der Waals surface area contributed by atoms with Crippen molar-refractivity contribution in [3.8, 4) is 0 Å². The van der Waals surface area contributed by atoms with Crippen molar-refractivity contribution in [3.63, 3.8) is 0 Å². The van der Waals surface area contributed by atoms with E-state index in [-0.39, 0.29) is 5.97 Å². The van der Waals surface area contributed by atoms with E-state index in [1.54, 1.807) is 0 Å². The van der Waals surface area contributed by atoms with Gasteiger partial charge in [0.25, 0.3) is 0 Å². The first kappa shape index (κ1) is 25.5. The second-order valence-electron chi connectivity index (χ2n) is 11.1. The van der Waals surface area contributed by atoms with Crippen molar-refractivity contribution in [1.82, 2.24) is 0 Å². The molecular formula is C24H48O2. The van der Waals surface area contributed by atoms with E-state index in [1.807, 2.05) is 0 Å². The van der Waals surface area contributed by atoms with Crippen molar-refractivity contribution < 1.29 is 9.53 Å². The van der Waals surface area contributed by atoms with Gasteiger partial charge in [-0.25, -0.2) is 0 Å². The molecule has 0 rings (SSSR count). The van der Waals surface area contributed by atoms with Crippen molar-refractivity contribution in [3.05, 3.63) is 0 Å². The van der Waals surface area contributed by atoms with Crippen LogP contribution in [0.15, 0.2) is 0 Å². The van der Waals surface area contributed by atoms with Crippen LogP contribution in [-0.2, 0) is 9.53 Å². The fourth-order valence-electron chi connectivity index (χ4n) is 4.10. The van der Waals surface area contributed by atoms with Crippen molar-refractivity contribution in [2.24, 2.45) is 28.6 Å². The lowest BCUT2D eigenvalue weighted by Gasteiger charge is -2.31. The Morgan fingerprint density at radius 2 is 1.46 bits per heavy atom. The SMILES string of the molecule is CCCCCC(=O)OCC(CCC(C)CC(C)(C)C)C(C)CC(C)(C)C. The van der Waals surface area contributed by atoms with Gasteiger partial charge in [-0.3, -0.25) is 4.79 Å². The zero-order valence-electron chi connectivity index (χ0n) is 19.4. The number of unbranched alkanes of at least 4 members (excludes halogenated alkanes) is 2. The zero-order valence-corrected chi connectivity index (χ0v) is 19.4. The molecule has 2 nitrogen and oxygen atoms in total. The molecule has 0 amide bonds. The van der Waals surface area contributed by atoms with Crippen molar-refractivity contribution in [2.75, 3.05) is 6.61 Å². The highest BCUT2D eigenvalue weighted by Crippen LogP contribution is 2.33. The van der Waals surface area contributed by atoms with Crippen LogP contribution in [0.5, 0.6) is 0 Å². The van der Waals surface area contributed by atoms with Crippen LogP contribution in [0.4, 0.5) is 0 Å². The Bertz CT molecular complexity index is 373. The predicted octanol–water partition coefficient (Wildman–Crippen LogP) is 7.65. The number of esters is 1. The first-order valence-corrected chi connectivity index (χ1v) is 11.0. The molecule has 0 bridgehead atoms. The summed E-state index contributed by atoms with van der Waals surface area (Å²) in [7, 11) is 0. The summed E-state index contributed by atoms with van der Waals surface area (Å²) >= 11 is 0. The summed E-state index contributed by atoms with van der Waals surface area (Å²) in [5.74, 6) is 1.78. The molecule has 0 radical (unpaired) electrons. The second kappa shape index (κ2) is 12.0. The number of hydrogen-bond donors (Lipinski definition) is 0. The molecule has 0 aliphatic carbocycles. The van der Waals surface area contributed by atoms with Crippen molar-refractivity contribution in [2.45, 2.75) is 114 Å². The number of rotatable bonds is 12. The van der Waals surface area contributed by atoms with Gasteiger partial charge >= 0.3 is 5.97 Å². The van der Waals surface area contributed by atoms with E-state index in [0.717, 1.165) is 31.6 Å². The summed E-state index contributed by atoms with van der Waals surface area (Å²) in [6.07, 6.45) is 8.62. The maximum absolute atomic E-state index is 12.0. The average Bonchev–Trinajstić information content (AvgIpc) is 2.43. The minimum absolute atomic E-state index is 0.00542. The van der Waals surface area contributed by atoms with Crippen LogP contribution in [0.1, 0.15) is 114 Å². The third-order valence-corrected chi connectivity index (χ3v) is 5.17. The molecule has 26 heavy (non-hydrogen) atoms. The third kappa shape index (κ3) is 14.6. The molecule has 0 N–H and O–H groups in total. The first-order chi connectivity index (χ1) is 11.8. The maximum Gasteiger partial charge on any atom is 0.305 e. The Kier molecular flexibility index (Phi) is 11.8. The van der Waals surface area contributed by atoms with Crippen molar-refractivity contribution >= 4 is 5.97 Å². The van der Waals surface area contributed by atoms with Gasteiger partial charge in [0, 0.05) is 6.42 Å². The van der Waals surface area contributed by atoms with Gasteiger partial charge in [0.15, 0.2) is 0 Å². The minimum atomic E-state index is -0.00542. The fraction of sp³-hybridized carbons (Fsp3) is 0.958. The standard InChI is InChI=1S/C24H48O2/c1-10-11-12-13-22(25)26-18-21(20(3)17-24(7,8)9)15-14-19(2)16-23(4,5)6/h19-21H,10-18H2,1-9H3. The summed E-state index contributed by atoms with van der Waals surface area (Å²) in [5.41, 5.74) is 0.706. The van der Waals surface area contributed by atoms with E-state index in [2.05, 4.69) is 62.3 Å². The van der Waals surface area contributed by atoms with Gasteiger partial charge in [0.05, 0.1) is 6.61 Å². The smallest absolute Gasteiger partial charge is 0.305 e. The van der Waals surface area contributed by atoms with Gasteiger partial charge in [-0.05, 0) is 54.3 Å². The van der Waals surface area contributed by atoms with Gasteiger partial charge < -0.3 is 4.74 Å². The van der Waals surface area contributed by atoms with E-state index in [4.69, 9.17) is 4.74 Å². The molecule has 0 saturated carbocycles. The number of hydrogen-bond acceptors (Lipinski definition) is 2. The van der Waals surface area contributed by atoms with Crippen LogP contribution in [0.2, 0.25) is 0 Å². The van der Waals surface area contributed by atoms with Gasteiger partial charge in [-0.2, -0.15) is 0 Å². The Balaban J connectivity index is 4.62. The highest BCUT2D eigenvalue weighted by Gasteiger charge is 2.25. The summed E-state index contributed by atoms with van der Waals surface area (Å²) in [6.45, 7) is 21.4. The van der Waals surface area contributed by atoms with Crippen LogP contribution < -0.4 is 0 Å². The zero-order chi connectivity index (χ0) is 20.4. The largest absolute Gasteiger partial charge is 0.465 e. The average molecular weight is 369 g/mol. The van der Waals surface area contributed by atoms with Gasteiger partial charge in [-0.1, -0.05) is 81.6 Å². The molecule has 0 aliphatic heterocycles. The lowest BCUT2D eigenvalue weighted by Crippen LogP contribution is -2.25. The molecule has 0 fully saturated rings. The Morgan fingerprint density at radius 1 is 0.885 bits per heavy atom. The van der Waals surface area contributed by atoms with Crippen LogP contribution in [0.25, 0.3) is 0 Å². The van der Waals surface area contributed by atoms with Crippen LogP contribution >= 0.6 is 0 Å². The Hall–Kier alpha value is -0.530. The van der Waals surface area contributed by atoms with Gasteiger partial charge in [0.1, 0.15) is 0 Å². The van der Waals surface area contributed by atoms with Crippen LogP contribution in [-0.4, -0.2) is 12.6 Å². The molecule has 0 aromatic carbocycles. The molecule has 0 aromatic rings. The summed E-state index contributed by atoms with van der Waals surface area (Å²) < 4.78 is 5.68. The lowest BCUT2D eigenvalue weighted by molar-refractivity contribution is -0.145. The molecule has 0 spiro atoms. The predicted molar refractivity (Wildman–Crippen MR) is 114 cm³/mol. The summed E-state index contributed by atoms with van der Waals surface area (Å²) in [6, 6.07) is 0. The second-order valence-corrected chi connectivity index (χ2v) is 11.1. The molecule has 0 saturated heterocycles. The van der Waals surface area contributed by atoms with Crippen LogP contribution in [0.3, 0.4) is 0 Å². The maximum atomic E-state index is 12.0. The fourth-order valence-corrected chi connectivity index (χ4v) is 4.10. The monoisotopic (exact) mass is 368 g/mol. The highest BCUT2D eigenvalue weighted by atomic mass is 16.5. The Labute approximate surface area is 164 Å². The molecule has 3 atom stereocenters. The normalized spacial score (nSPS) is 16.2. The van der Waals surface area contributed by atoms with Gasteiger partial charge in [-0.15, -0.1) is 0 Å². The minimum Gasteiger partial charge on any atom is -0.465 e. The molecule has 156 valence electrons. The highest BCUT2D eigenvalue weighted by molar-refractivity contribution is 5.69. The third-order valence-electron chi connectivity index (χ3n) is 5.17. The lowest BCUT2D eigenvalue weighted by atomic mass is 9.76.